The first-order valence-corrected chi connectivity index (χ1v) is 8.66. The van der Waals surface area contributed by atoms with Crippen LogP contribution in [0.4, 0.5) is 18.9 Å². The normalized spacial score (nSPS) is 17.0. The van der Waals surface area contributed by atoms with Gasteiger partial charge in [0.05, 0.1) is 6.54 Å². The summed E-state index contributed by atoms with van der Waals surface area (Å²) >= 11 is 0. The minimum Gasteiger partial charge on any atom is -0.323 e. The van der Waals surface area contributed by atoms with Crippen LogP contribution in [0.1, 0.15) is 18.4 Å². The van der Waals surface area contributed by atoms with Gasteiger partial charge in [0.25, 0.3) is 0 Å². The molecule has 142 valence electrons. The van der Waals surface area contributed by atoms with Crippen molar-refractivity contribution in [3.63, 3.8) is 0 Å². The molecule has 1 saturated heterocycles. The number of carbonyl (C=O) groups is 2. The fourth-order valence-corrected chi connectivity index (χ4v) is 3.28. The molecule has 0 saturated carbocycles. The lowest BCUT2D eigenvalue weighted by Crippen LogP contribution is -2.51. The predicted molar refractivity (Wildman–Crippen MR) is 94.9 cm³/mol. The molecule has 2 amide bonds. The van der Waals surface area contributed by atoms with Crippen LogP contribution in [-0.2, 0) is 16.1 Å². The molecular formula is C20H19F3N2O2. The number of hydrogen-bond donors (Lipinski definition) is 0. The van der Waals surface area contributed by atoms with E-state index in [9.17, 15) is 22.8 Å². The van der Waals surface area contributed by atoms with Gasteiger partial charge in [0.15, 0.2) is 0 Å². The summed E-state index contributed by atoms with van der Waals surface area (Å²) in [5.74, 6) is -2.45. The van der Waals surface area contributed by atoms with Gasteiger partial charge in [0.1, 0.15) is 6.04 Å². The Morgan fingerprint density at radius 2 is 1.59 bits per heavy atom. The van der Waals surface area contributed by atoms with E-state index in [1.807, 2.05) is 30.3 Å². The van der Waals surface area contributed by atoms with E-state index in [-0.39, 0.29) is 19.5 Å². The third-order valence-electron chi connectivity index (χ3n) is 4.56. The van der Waals surface area contributed by atoms with Gasteiger partial charge in [-0.1, -0.05) is 48.5 Å². The van der Waals surface area contributed by atoms with Crippen molar-refractivity contribution in [3.8, 4) is 0 Å². The molecule has 3 rings (SSSR count). The molecule has 27 heavy (non-hydrogen) atoms. The Balaban J connectivity index is 1.89. The SMILES string of the molecule is O=C(C1CCCN1C(=O)C(F)(F)F)N(Cc1ccccc1)c1ccccc1. The third kappa shape index (κ3) is 4.30. The van der Waals surface area contributed by atoms with Crippen LogP contribution >= 0.6 is 0 Å². The monoisotopic (exact) mass is 376 g/mol. The van der Waals surface area contributed by atoms with Gasteiger partial charge in [-0.05, 0) is 30.5 Å². The van der Waals surface area contributed by atoms with Gasteiger partial charge in [-0.3, -0.25) is 9.59 Å². The highest BCUT2D eigenvalue weighted by molar-refractivity contribution is 6.00. The van der Waals surface area contributed by atoms with Gasteiger partial charge in [-0.2, -0.15) is 13.2 Å². The zero-order valence-corrected chi connectivity index (χ0v) is 14.5. The highest BCUT2D eigenvalue weighted by Gasteiger charge is 2.48. The summed E-state index contributed by atoms with van der Waals surface area (Å²) in [6.07, 6.45) is -4.40. The number of anilines is 1. The molecule has 0 N–H and O–H groups in total. The summed E-state index contributed by atoms with van der Waals surface area (Å²) in [5, 5.41) is 0. The molecule has 0 radical (unpaired) electrons. The highest BCUT2D eigenvalue weighted by atomic mass is 19.4. The van der Waals surface area contributed by atoms with E-state index in [0.29, 0.717) is 17.0 Å². The summed E-state index contributed by atoms with van der Waals surface area (Å²) < 4.78 is 38.7. The van der Waals surface area contributed by atoms with Crippen molar-refractivity contribution >= 4 is 17.5 Å². The van der Waals surface area contributed by atoms with Crippen molar-refractivity contribution in [2.24, 2.45) is 0 Å². The highest BCUT2D eigenvalue weighted by Crippen LogP contribution is 2.28. The minimum absolute atomic E-state index is 0.0667. The summed E-state index contributed by atoms with van der Waals surface area (Å²) in [6.45, 7) is 0.150. The molecule has 4 nitrogen and oxygen atoms in total. The van der Waals surface area contributed by atoms with Gasteiger partial charge in [0.2, 0.25) is 5.91 Å². The molecule has 1 heterocycles. The first kappa shape index (κ1) is 18.9. The summed E-state index contributed by atoms with van der Waals surface area (Å²) in [6, 6.07) is 16.9. The maximum atomic E-state index is 13.2. The summed E-state index contributed by atoms with van der Waals surface area (Å²) in [4.78, 5) is 27.0. The Kier molecular flexibility index (Phi) is 5.48. The molecule has 7 heteroatoms. The maximum absolute atomic E-state index is 13.2. The zero-order valence-electron chi connectivity index (χ0n) is 14.5. The van der Waals surface area contributed by atoms with Gasteiger partial charge >= 0.3 is 12.1 Å². The number of halogens is 3. The van der Waals surface area contributed by atoms with Crippen LogP contribution in [0.5, 0.6) is 0 Å². The van der Waals surface area contributed by atoms with Crippen LogP contribution in [-0.4, -0.2) is 35.5 Å². The smallest absolute Gasteiger partial charge is 0.323 e. The molecule has 1 aliphatic rings. The number of likely N-dealkylation sites (tertiary alicyclic amines) is 1. The van der Waals surface area contributed by atoms with E-state index < -0.39 is 24.0 Å². The molecule has 1 aliphatic heterocycles. The number of hydrogen-bond acceptors (Lipinski definition) is 2. The Labute approximate surface area is 155 Å². The van der Waals surface area contributed by atoms with Crippen molar-refractivity contribution in [3.05, 3.63) is 66.2 Å². The molecule has 1 atom stereocenters. The van der Waals surface area contributed by atoms with Crippen molar-refractivity contribution in [2.45, 2.75) is 31.6 Å². The first-order chi connectivity index (χ1) is 12.9. The summed E-state index contributed by atoms with van der Waals surface area (Å²) in [7, 11) is 0. The average Bonchev–Trinajstić information content (AvgIpc) is 3.15. The third-order valence-corrected chi connectivity index (χ3v) is 4.56. The van der Waals surface area contributed by atoms with E-state index in [2.05, 4.69) is 0 Å². The lowest BCUT2D eigenvalue weighted by atomic mass is 10.1. The summed E-state index contributed by atoms with van der Waals surface area (Å²) in [5.41, 5.74) is 1.43. The average molecular weight is 376 g/mol. The first-order valence-electron chi connectivity index (χ1n) is 8.66. The molecule has 0 bridgehead atoms. The number of amides is 2. The Hall–Kier alpha value is -2.83. The fourth-order valence-electron chi connectivity index (χ4n) is 3.28. The number of para-hydroxylation sites is 1. The van der Waals surface area contributed by atoms with Crippen molar-refractivity contribution in [1.82, 2.24) is 4.90 Å². The van der Waals surface area contributed by atoms with Gasteiger partial charge in [0, 0.05) is 12.2 Å². The van der Waals surface area contributed by atoms with Crippen molar-refractivity contribution < 1.29 is 22.8 Å². The van der Waals surface area contributed by atoms with E-state index >= 15 is 0 Å². The van der Waals surface area contributed by atoms with Crippen LogP contribution in [0.15, 0.2) is 60.7 Å². The Morgan fingerprint density at radius 1 is 1.00 bits per heavy atom. The lowest BCUT2D eigenvalue weighted by molar-refractivity contribution is -0.186. The van der Waals surface area contributed by atoms with Crippen LogP contribution < -0.4 is 4.90 Å². The van der Waals surface area contributed by atoms with Gasteiger partial charge in [-0.15, -0.1) is 0 Å². The van der Waals surface area contributed by atoms with Crippen LogP contribution in [0.2, 0.25) is 0 Å². The predicted octanol–water partition coefficient (Wildman–Crippen LogP) is 3.77. The number of benzene rings is 2. The van der Waals surface area contributed by atoms with Crippen LogP contribution in [0.3, 0.4) is 0 Å². The molecule has 0 aliphatic carbocycles. The van der Waals surface area contributed by atoms with Crippen LogP contribution in [0.25, 0.3) is 0 Å². The Morgan fingerprint density at radius 3 is 2.19 bits per heavy atom. The molecule has 0 spiro atoms. The van der Waals surface area contributed by atoms with Crippen molar-refractivity contribution in [1.29, 1.82) is 0 Å². The quantitative estimate of drug-likeness (QED) is 0.815. The zero-order chi connectivity index (χ0) is 19.4. The van der Waals surface area contributed by atoms with Gasteiger partial charge < -0.3 is 9.80 Å². The van der Waals surface area contributed by atoms with E-state index in [1.165, 1.54) is 4.90 Å². The number of rotatable bonds is 4. The van der Waals surface area contributed by atoms with E-state index in [0.717, 1.165) is 5.56 Å². The fraction of sp³-hybridized carbons (Fsp3) is 0.300. The second kappa shape index (κ2) is 7.82. The Bertz CT molecular complexity index is 794. The van der Waals surface area contributed by atoms with Gasteiger partial charge in [-0.25, -0.2) is 0 Å². The molecule has 2 aromatic rings. The van der Waals surface area contributed by atoms with Crippen molar-refractivity contribution in [2.75, 3.05) is 11.4 Å². The number of nitrogens with zero attached hydrogens (tertiary/aromatic N) is 2. The molecule has 0 aromatic heterocycles. The molecule has 1 fully saturated rings. The lowest BCUT2D eigenvalue weighted by Gasteiger charge is -2.31. The molecule has 2 aromatic carbocycles. The van der Waals surface area contributed by atoms with E-state index in [1.54, 1.807) is 30.3 Å². The number of carbonyl (C=O) groups excluding carboxylic acids is 2. The molecule has 1 unspecified atom stereocenters. The minimum atomic E-state index is -4.99. The molecular weight excluding hydrogens is 357 g/mol. The van der Waals surface area contributed by atoms with Crippen LogP contribution in [0, 0.1) is 0 Å². The number of alkyl halides is 3. The second-order valence-corrected chi connectivity index (χ2v) is 6.40. The van der Waals surface area contributed by atoms with E-state index in [4.69, 9.17) is 0 Å². The maximum Gasteiger partial charge on any atom is 0.471 e. The topological polar surface area (TPSA) is 40.6 Å². The largest absolute Gasteiger partial charge is 0.471 e. The second-order valence-electron chi connectivity index (χ2n) is 6.40. The standard InChI is InChI=1S/C20H19F3N2O2/c21-20(22,23)19(27)24-13-7-12-17(24)18(26)25(16-10-5-2-6-11-16)14-15-8-3-1-4-9-15/h1-6,8-11,17H,7,12-14H2.